The number of ketones is 1. The van der Waals surface area contributed by atoms with Crippen LogP contribution in [0.1, 0.15) is 53.6 Å². The minimum atomic E-state index is -1.06. The number of Topliss-reactive ketones (excluding diaryl/α,β-unsaturated/α-hetero) is 1. The molecule has 4 aromatic rings. The minimum absolute atomic E-state index is 0.147. The van der Waals surface area contributed by atoms with Crippen molar-refractivity contribution in [2.75, 3.05) is 18.2 Å². The number of piperidine rings is 1. The number of para-hydroxylation sites is 1. The van der Waals surface area contributed by atoms with Gasteiger partial charge in [-0.1, -0.05) is 102 Å². The van der Waals surface area contributed by atoms with E-state index in [1.165, 1.54) is 11.1 Å². The van der Waals surface area contributed by atoms with Crippen molar-refractivity contribution in [2.45, 2.75) is 43.9 Å². The first-order chi connectivity index (χ1) is 19.0. The molecule has 2 heterocycles. The predicted molar refractivity (Wildman–Crippen MR) is 157 cm³/mol. The molecule has 6 rings (SSSR count). The van der Waals surface area contributed by atoms with Crippen LogP contribution in [0.25, 0.3) is 0 Å². The number of benzene rings is 4. The molecular weight excluding hydrogens is 504 g/mol. The lowest BCUT2D eigenvalue weighted by Gasteiger charge is -2.43. The van der Waals surface area contributed by atoms with Gasteiger partial charge < -0.3 is 0 Å². The van der Waals surface area contributed by atoms with Crippen LogP contribution in [0.15, 0.2) is 109 Å². The van der Waals surface area contributed by atoms with E-state index in [1.807, 2.05) is 41.5 Å². The lowest BCUT2D eigenvalue weighted by Crippen LogP contribution is -2.58. The standard InChI is InChI=1S/C34H33ClN2O2/c1-24-13-15-28(16-14-24)33-32(27-17-19-29(35)20-18-27)34(39-37(33)30-11-7-4-8-12-30)23-36(22-21-31(34)38)25(2)26-9-5-3-6-10-26/h3-20,25,32-33H,21-23H2,1-2H3/t25-,32-,33+,34+/m1/s1. The number of anilines is 1. The Balaban J connectivity index is 1.51. The van der Waals surface area contributed by atoms with Crippen molar-refractivity contribution >= 4 is 23.1 Å². The molecule has 2 fully saturated rings. The van der Waals surface area contributed by atoms with Gasteiger partial charge in [-0.25, -0.2) is 5.06 Å². The monoisotopic (exact) mass is 536 g/mol. The Bertz CT molecular complexity index is 1430. The number of hydrogen-bond acceptors (Lipinski definition) is 4. The fourth-order valence-electron chi connectivity index (χ4n) is 6.23. The third-order valence-electron chi connectivity index (χ3n) is 8.36. The summed E-state index contributed by atoms with van der Waals surface area (Å²) in [5, 5.41) is 2.66. The number of carbonyl (C=O) groups is 1. The maximum atomic E-state index is 14.2. The number of halogens is 1. The second kappa shape index (κ2) is 10.6. The lowest BCUT2D eigenvalue weighted by molar-refractivity contribution is -0.151. The summed E-state index contributed by atoms with van der Waals surface area (Å²) in [6, 6.07) is 37.1. The zero-order valence-electron chi connectivity index (χ0n) is 22.3. The summed E-state index contributed by atoms with van der Waals surface area (Å²) in [4.78, 5) is 23.6. The van der Waals surface area contributed by atoms with Crippen LogP contribution >= 0.6 is 11.6 Å². The van der Waals surface area contributed by atoms with Gasteiger partial charge in [0.25, 0.3) is 0 Å². The molecule has 4 nitrogen and oxygen atoms in total. The zero-order valence-corrected chi connectivity index (χ0v) is 23.1. The maximum Gasteiger partial charge on any atom is 0.176 e. The molecule has 2 aliphatic rings. The topological polar surface area (TPSA) is 32.8 Å². The van der Waals surface area contributed by atoms with Crippen LogP contribution in [0.5, 0.6) is 0 Å². The Labute approximate surface area is 235 Å². The Morgan fingerprint density at radius 2 is 1.46 bits per heavy atom. The molecule has 0 N–H and O–H groups in total. The number of carbonyl (C=O) groups excluding carboxylic acids is 1. The van der Waals surface area contributed by atoms with E-state index in [2.05, 4.69) is 91.5 Å². The Hall–Kier alpha value is -3.44. The van der Waals surface area contributed by atoms with Crippen molar-refractivity contribution in [3.63, 3.8) is 0 Å². The fraction of sp³-hybridized carbons (Fsp3) is 0.265. The van der Waals surface area contributed by atoms with Gasteiger partial charge in [0, 0.05) is 30.6 Å². The summed E-state index contributed by atoms with van der Waals surface area (Å²) in [6.07, 6.45) is 0.435. The number of nitrogens with zero attached hydrogens (tertiary/aromatic N) is 2. The van der Waals surface area contributed by atoms with Gasteiger partial charge in [-0.15, -0.1) is 0 Å². The Morgan fingerprint density at radius 3 is 2.13 bits per heavy atom. The quantitative estimate of drug-likeness (QED) is 0.261. The predicted octanol–water partition coefficient (Wildman–Crippen LogP) is 7.70. The lowest BCUT2D eigenvalue weighted by atomic mass is 9.71. The van der Waals surface area contributed by atoms with Crippen LogP contribution in [0.4, 0.5) is 5.69 Å². The van der Waals surface area contributed by atoms with Crippen molar-refractivity contribution in [3.05, 3.63) is 136 Å². The smallest absolute Gasteiger partial charge is 0.176 e. The van der Waals surface area contributed by atoms with Gasteiger partial charge in [0.15, 0.2) is 11.4 Å². The minimum Gasteiger partial charge on any atom is -0.296 e. The van der Waals surface area contributed by atoms with E-state index in [-0.39, 0.29) is 23.8 Å². The number of hydroxylamine groups is 1. The van der Waals surface area contributed by atoms with Crippen molar-refractivity contribution in [1.29, 1.82) is 0 Å². The molecule has 0 aromatic heterocycles. The second-order valence-electron chi connectivity index (χ2n) is 10.8. The Kier molecular flexibility index (Phi) is 7.03. The molecule has 4 atom stereocenters. The molecule has 5 heteroatoms. The van der Waals surface area contributed by atoms with Crippen molar-refractivity contribution in [1.82, 2.24) is 4.90 Å². The zero-order chi connectivity index (χ0) is 27.0. The highest BCUT2D eigenvalue weighted by molar-refractivity contribution is 6.30. The Morgan fingerprint density at radius 1 is 0.846 bits per heavy atom. The summed E-state index contributed by atoms with van der Waals surface area (Å²) in [5.41, 5.74) is 4.46. The number of hydrogen-bond donors (Lipinski definition) is 0. The molecule has 0 aliphatic carbocycles. The number of likely N-dealkylation sites (tertiary alicyclic amines) is 1. The van der Waals surface area contributed by atoms with E-state index >= 15 is 0 Å². The third kappa shape index (κ3) is 4.78. The highest BCUT2D eigenvalue weighted by Gasteiger charge is 2.61. The van der Waals surface area contributed by atoms with Gasteiger partial charge in [0.05, 0.1) is 17.6 Å². The molecule has 4 aromatic carbocycles. The molecule has 198 valence electrons. The van der Waals surface area contributed by atoms with E-state index in [0.29, 0.717) is 24.5 Å². The van der Waals surface area contributed by atoms with Crippen molar-refractivity contribution in [2.24, 2.45) is 0 Å². The summed E-state index contributed by atoms with van der Waals surface area (Å²) in [5.74, 6) is -0.0922. The number of aryl methyl sites for hydroxylation is 1. The first-order valence-electron chi connectivity index (χ1n) is 13.6. The van der Waals surface area contributed by atoms with Gasteiger partial charge in [0.1, 0.15) is 0 Å². The van der Waals surface area contributed by atoms with Crippen LogP contribution in [-0.4, -0.2) is 29.4 Å². The van der Waals surface area contributed by atoms with Crippen LogP contribution < -0.4 is 5.06 Å². The van der Waals surface area contributed by atoms with Gasteiger partial charge >= 0.3 is 0 Å². The van der Waals surface area contributed by atoms with Gasteiger partial charge in [-0.3, -0.25) is 14.5 Å². The largest absolute Gasteiger partial charge is 0.296 e. The molecule has 2 saturated heterocycles. The van der Waals surface area contributed by atoms with E-state index < -0.39 is 5.60 Å². The van der Waals surface area contributed by atoms with Crippen LogP contribution in [0.3, 0.4) is 0 Å². The summed E-state index contributed by atoms with van der Waals surface area (Å²) in [6.45, 7) is 5.52. The second-order valence-corrected chi connectivity index (χ2v) is 11.2. The van der Waals surface area contributed by atoms with Crippen molar-refractivity contribution in [3.8, 4) is 0 Å². The molecule has 2 aliphatic heterocycles. The third-order valence-corrected chi connectivity index (χ3v) is 8.61. The molecule has 0 radical (unpaired) electrons. The fourth-order valence-corrected chi connectivity index (χ4v) is 6.36. The number of rotatable bonds is 5. The van der Waals surface area contributed by atoms with E-state index in [1.54, 1.807) is 0 Å². The molecule has 1 spiro atoms. The molecule has 0 saturated carbocycles. The highest BCUT2D eigenvalue weighted by Crippen LogP contribution is 2.55. The molecule has 0 amide bonds. The first-order valence-corrected chi connectivity index (χ1v) is 14.0. The van der Waals surface area contributed by atoms with Crippen LogP contribution in [0, 0.1) is 6.92 Å². The average molecular weight is 537 g/mol. The van der Waals surface area contributed by atoms with E-state index in [9.17, 15) is 4.79 Å². The summed E-state index contributed by atoms with van der Waals surface area (Å²) < 4.78 is 0. The van der Waals surface area contributed by atoms with Gasteiger partial charge in [-0.05, 0) is 54.8 Å². The van der Waals surface area contributed by atoms with E-state index in [4.69, 9.17) is 16.4 Å². The van der Waals surface area contributed by atoms with E-state index in [0.717, 1.165) is 16.8 Å². The summed E-state index contributed by atoms with van der Waals surface area (Å²) >= 11 is 6.34. The van der Waals surface area contributed by atoms with Crippen LogP contribution in [-0.2, 0) is 9.63 Å². The molecule has 0 bridgehead atoms. The average Bonchev–Trinajstić information content (AvgIpc) is 3.31. The molecule has 0 unspecified atom stereocenters. The first kappa shape index (κ1) is 25.8. The molecule has 39 heavy (non-hydrogen) atoms. The molecular formula is C34H33ClN2O2. The maximum absolute atomic E-state index is 14.2. The van der Waals surface area contributed by atoms with Crippen molar-refractivity contribution < 1.29 is 9.63 Å². The van der Waals surface area contributed by atoms with Crippen LogP contribution in [0.2, 0.25) is 5.02 Å². The normalized spacial score (nSPS) is 24.3. The highest BCUT2D eigenvalue weighted by atomic mass is 35.5. The van der Waals surface area contributed by atoms with Gasteiger partial charge in [-0.2, -0.15) is 0 Å². The summed E-state index contributed by atoms with van der Waals surface area (Å²) in [7, 11) is 0. The van der Waals surface area contributed by atoms with Gasteiger partial charge in [0.2, 0.25) is 0 Å². The SMILES string of the molecule is Cc1ccc([C@H]2[C@@H](c3ccc(Cl)cc3)[C@@]3(CN([C@H](C)c4ccccc4)CCC3=O)ON2c2ccccc2)cc1.